The molecule has 11 heteroatoms. The van der Waals surface area contributed by atoms with E-state index in [2.05, 4.69) is 54.7 Å². The van der Waals surface area contributed by atoms with Crippen molar-refractivity contribution in [3.63, 3.8) is 0 Å². The summed E-state index contributed by atoms with van der Waals surface area (Å²) in [5.41, 5.74) is 2.73. The van der Waals surface area contributed by atoms with Crippen LogP contribution in [0.3, 0.4) is 0 Å². The summed E-state index contributed by atoms with van der Waals surface area (Å²) in [4.78, 5) is 53.2. The van der Waals surface area contributed by atoms with Crippen LogP contribution in [0.1, 0.15) is 86.1 Å². The molecule has 2 heterocycles. The molecule has 4 rings (SSSR count). The molecule has 0 radical (unpaired) electrons. The monoisotopic (exact) mass is 696 g/mol. The van der Waals surface area contributed by atoms with Crippen molar-refractivity contribution in [1.29, 1.82) is 0 Å². The SMILES string of the molecule is C=C(C)C(=O)OC.C=CC(=O)OCCO.C=Cc1ccccc1.CC(C)(C)CCCCCC(=O)OCC1CO1.O=C1OC(=O)c2ccccc21. The lowest BCUT2D eigenvalue weighted by Crippen LogP contribution is -2.09. The van der Waals surface area contributed by atoms with Crippen LogP contribution in [0, 0.1) is 5.41 Å². The third-order valence-corrected chi connectivity index (χ3v) is 6.26. The molecule has 0 bridgehead atoms. The summed E-state index contributed by atoms with van der Waals surface area (Å²) in [6, 6.07) is 16.6. The Morgan fingerprint density at radius 2 is 1.48 bits per heavy atom. The number of fused-ring (bicyclic) bond motifs is 1. The molecular weight excluding hydrogens is 644 g/mol. The molecule has 274 valence electrons. The maximum absolute atomic E-state index is 11.3. The number of carbonyl (C=O) groups excluding carboxylic acids is 5. The first-order chi connectivity index (χ1) is 23.7. The first kappa shape index (κ1) is 45.1. The number of hydrogen-bond donors (Lipinski definition) is 1. The van der Waals surface area contributed by atoms with Crippen molar-refractivity contribution in [1.82, 2.24) is 0 Å². The van der Waals surface area contributed by atoms with E-state index in [-0.39, 0.29) is 31.3 Å². The van der Waals surface area contributed by atoms with E-state index in [1.54, 1.807) is 31.2 Å². The molecule has 0 saturated carbocycles. The normalized spacial score (nSPS) is 13.2. The number of cyclic esters (lactones) is 2. The molecule has 2 aliphatic heterocycles. The first-order valence-electron chi connectivity index (χ1n) is 16.1. The summed E-state index contributed by atoms with van der Waals surface area (Å²) < 4.78 is 23.0. The van der Waals surface area contributed by atoms with Gasteiger partial charge in [-0.3, -0.25) is 4.79 Å². The van der Waals surface area contributed by atoms with Crippen LogP contribution < -0.4 is 0 Å². The molecule has 0 spiro atoms. The fourth-order valence-corrected chi connectivity index (χ4v) is 3.53. The van der Waals surface area contributed by atoms with Crippen LogP contribution in [-0.4, -0.2) is 74.6 Å². The lowest BCUT2D eigenvalue weighted by atomic mass is 9.89. The lowest BCUT2D eigenvalue weighted by Gasteiger charge is -2.17. The molecule has 1 fully saturated rings. The van der Waals surface area contributed by atoms with Gasteiger partial charge in [-0.15, -0.1) is 0 Å². The molecule has 2 aromatic carbocycles. The Balaban J connectivity index is 0.000000625. The number of aliphatic hydroxyl groups is 1. The minimum atomic E-state index is -0.550. The van der Waals surface area contributed by atoms with Gasteiger partial charge in [0.15, 0.2) is 0 Å². The predicted octanol–water partition coefficient (Wildman–Crippen LogP) is 6.70. The molecule has 0 aromatic heterocycles. The summed E-state index contributed by atoms with van der Waals surface area (Å²) in [5, 5.41) is 8.10. The number of hydrogen-bond acceptors (Lipinski definition) is 11. The maximum atomic E-state index is 11.3. The molecular formula is C39H52O11. The lowest BCUT2D eigenvalue weighted by molar-refractivity contribution is -0.144. The summed E-state index contributed by atoms with van der Waals surface area (Å²) >= 11 is 0. The molecule has 1 unspecified atom stereocenters. The van der Waals surface area contributed by atoms with Crippen molar-refractivity contribution in [2.45, 2.75) is 65.9 Å². The Morgan fingerprint density at radius 1 is 0.920 bits per heavy atom. The molecule has 1 atom stereocenters. The van der Waals surface area contributed by atoms with E-state index in [9.17, 15) is 24.0 Å². The zero-order valence-electron chi connectivity index (χ0n) is 29.9. The Morgan fingerprint density at radius 3 is 1.88 bits per heavy atom. The molecule has 0 amide bonds. The molecule has 50 heavy (non-hydrogen) atoms. The summed E-state index contributed by atoms with van der Waals surface area (Å²) in [5.74, 6) is -2.03. The van der Waals surface area contributed by atoms with E-state index >= 15 is 0 Å². The number of benzene rings is 2. The zero-order valence-corrected chi connectivity index (χ0v) is 29.9. The largest absolute Gasteiger partial charge is 0.466 e. The van der Waals surface area contributed by atoms with Crippen molar-refractivity contribution in [3.8, 4) is 0 Å². The Bertz CT molecular complexity index is 1340. The van der Waals surface area contributed by atoms with Gasteiger partial charge in [-0.1, -0.05) is 102 Å². The van der Waals surface area contributed by atoms with E-state index < -0.39 is 17.9 Å². The van der Waals surface area contributed by atoms with E-state index in [1.165, 1.54) is 25.5 Å². The van der Waals surface area contributed by atoms with Gasteiger partial charge in [-0.25, -0.2) is 19.2 Å². The van der Waals surface area contributed by atoms with Crippen molar-refractivity contribution < 1.29 is 52.8 Å². The highest BCUT2D eigenvalue weighted by molar-refractivity contribution is 6.14. The van der Waals surface area contributed by atoms with E-state index in [1.807, 2.05) is 36.4 Å². The molecule has 2 aliphatic rings. The Kier molecular flexibility index (Phi) is 23.5. The summed E-state index contributed by atoms with van der Waals surface area (Å²) in [6.07, 6.45) is 8.10. The van der Waals surface area contributed by atoms with Crippen molar-refractivity contribution in [2.24, 2.45) is 5.41 Å². The van der Waals surface area contributed by atoms with Crippen LogP contribution in [-0.2, 0) is 38.1 Å². The third kappa shape index (κ3) is 23.5. The second-order valence-corrected chi connectivity index (χ2v) is 12.0. The van der Waals surface area contributed by atoms with Crippen molar-refractivity contribution >= 4 is 35.9 Å². The van der Waals surface area contributed by atoms with Gasteiger partial charge in [0.25, 0.3) is 0 Å². The fraction of sp³-hybridized carbons (Fsp3) is 0.410. The quantitative estimate of drug-likeness (QED) is 0.0630. The summed E-state index contributed by atoms with van der Waals surface area (Å²) in [6.45, 7) is 19.6. The zero-order chi connectivity index (χ0) is 38.0. The highest BCUT2D eigenvalue weighted by Gasteiger charge is 2.28. The average Bonchev–Trinajstić information content (AvgIpc) is 3.90. The smallest absolute Gasteiger partial charge is 0.346 e. The highest BCUT2D eigenvalue weighted by Crippen LogP contribution is 2.22. The number of unbranched alkanes of at least 4 members (excludes halogenated alkanes) is 2. The Labute approximate surface area is 295 Å². The fourth-order valence-electron chi connectivity index (χ4n) is 3.53. The third-order valence-electron chi connectivity index (χ3n) is 6.26. The standard InChI is InChI=1S/C13H24O3.C8H4O3.C8H8.C5H8O3.C5H8O2/c1-13(2,3)8-6-4-5-7-12(14)16-10-11-9-15-11;9-7-5-3-1-2-4-6(5)8(10)11-7;1-2-8-6-4-3-5-7-8;1-2-5(7)8-4-3-6;1-4(2)5(6)7-3/h11H,4-10H2,1-3H3;1-4H;2-7H,1H2;2,6H,1,3-4H2;1H2,2-3H3. The topological polar surface area (TPSA) is 155 Å². The second-order valence-electron chi connectivity index (χ2n) is 12.0. The van der Waals surface area contributed by atoms with Crippen molar-refractivity contribution in [3.05, 3.63) is 103 Å². The van der Waals surface area contributed by atoms with Gasteiger partial charge in [-0.05, 0) is 42.9 Å². The van der Waals surface area contributed by atoms with Gasteiger partial charge in [0.05, 0.1) is 31.5 Å². The average molecular weight is 697 g/mol. The number of ether oxygens (including phenoxy) is 5. The van der Waals surface area contributed by atoms with Gasteiger partial charge in [-0.2, -0.15) is 0 Å². The Hall–Kier alpha value is -4.87. The van der Waals surface area contributed by atoms with Crippen LogP contribution in [0.5, 0.6) is 0 Å². The molecule has 2 aromatic rings. The number of methoxy groups -OCH3 is 1. The van der Waals surface area contributed by atoms with Gasteiger partial charge in [0.2, 0.25) is 0 Å². The van der Waals surface area contributed by atoms with Crippen LogP contribution in [0.4, 0.5) is 0 Å². The molecule has 1 N–H and O–H groups in total. The minimum absolute atomic E-state index is 0.0465. The summed E-state index contributed by atoms with van der Waals surface area (Å²) in [7, 11) is 1.33. The highest BCUT2D eigenvalue weighted by atomic mass is 16.6. The van der Waals surface area contributed by atoms with Crippen LogP contribution in [0.2, 0.25) is 0 Å². The van der Waals surface area contributed by atoms with E-state index in [0.29, 0.717) is 35.1 Å². The maximum Gasteiger partial charge on any atom is 0.346 e. The number of carbonyl (C=O) groups is 5. The van der Waals surface area contributed by atoms with Crippen LogP contribution >= 0.6 is 0 Å². The minimum Gasteiger partial charge on any atom is -0.466 e. The molecule has 11 nitrogen and oxygen atoms in total. The van der Waals surface area contributed by atoms with E-state index in [0.717, 1.165) is 25.5 Å². The second kappa shape index (κ2) is 26.1. The predicted molar refractivity (Wildman–Crippen MR) is 191 cm³/mol. The van der Waals surface area contributed by atoms with Gasteiger partial charge in [0.1, 0.15) is 19.3 Å². The van der Waals surface area contributed by atoms with Crippen LogP contribution in [0.25, 0.3) is 6.08 Å². The number of esters is 5. The van der Waals surface area contributed by atoms with Crippen molar-refractivity contribution in [2.75, 3.05) is 33.5 Å². The van der Waals surface area contributed by atoms with Crippen LogP contribution in [0.15, 0.2) is 86.0 Å². The number of rotatable bonds is 12. The van der Waals surface area contributed by atoms with Gasteiger partial charge < -0.3 is 28.8 Å². The van der Waals surface area contributed by atoms with Gasteiger partial charge >= 0.3 is 29.8 Å². The molecule has 1 saturated heterocycles. The molecule has 0 aliphatic carbocycles. The number of epoxide rings is 1. The first-order valence-corrected chi connectivity index (χ1v) is 16.1. The number of aliphatic hydroxyl groups excluding tert-OH is 1. The van der Waals surface area contributed by atoms with E-state index in [4.69, 9.17) is 14.6 Å². The van der Waals surface area contributed by atoms with Gasteiger partial charge in [0, 0.05) is 18.1 Å².